The molecule has 0 saturated heterocycles. The molecule has 0 bridgehead atoms. The van der Waals surface area contributed by atoms with Crippen LogP contribution >= 0.6 is 0 Å². The minimum absolute atomic E-state index is 1.23. The molecule has 0 atom stereocenters. The lowest BCUT2D eigenvalue weighted by molar-refractivity contribution is 1.30. The summed E-state index contributed by atoms with van der Waals surface area (Å²) >= 11 is 0. The Kier molecular flexibility index (Phi) is 2.91. The van der Waals surface area contributed by atoms with Crippen molar-refractivity contribution >= 4 is 65.4 Å². The van der Waals surface area contributed by atoms with Crippen LogP contribution in [0.4, 0.5) is 0 Å². The van der Waals surface area contributed by atoms with Crippen LogP contribution < -0.4 is 0 Å². The van der Waals surface area contributed by atoms with E-state index >= 15 is 0 Å². The van der Waals surface area contributed by atoms with E-state index in [0.717, 1.165) is 0 Å². The van der Waals surface area contributed by atoms with Crippen LogP contribution in [0.2, 0.25) is 0 Å². The van der Waals surface area contributed by atoms with E-state index in [-0.39, 0.29) is 0 Å². The monoisotopic (exact) mass is 406 g/mol. The molecule has 0 radical (unpaired) electrons. The predicted octanol–water partition coefficient (Wildman–Crippen LogP) is 7.96. The first kappa shape index (κ1) is 16.4. The Hall–Kier alpha value is -4.30. The Bertz CT molecular complexity index is 2040. The maximum atomic E-state index is 2.48. The Balaban J connectivity index is 1.93. The highest BCUT2D eigenvalue weighted by atomic mass is 15.0. The van der Waals surface area contributed by atoms with Gasteiger partial charge in [-0.2, -0.15) is 0 Å². The van der Waals surface area contributed by atoms with E-state index < -0.39 is 0 Å². The van der Waals surface area contributed by atoms with E-state index in [1.807, 2.05) is 0 Å². The van der Waals surface area contributed by atoms with Gasteiger partial charge in [0.05, 0.1) is 33.1 Å². The number of hydrogen-bond donors (Lipinski definition) is 0. The molecular formula is C30H18N2. The average Bonchev–Trinajstić information content (AvgIpc) is 3.36. The smallest absolute Gasteiger partial charge is 0.0782 e. The molecule has 3 heterocycles. The lowest BCUT2D eigenvalue weighted by Crippen LogP contribution is -1.93. The third-order valence-electron chi connectivity index (χ3n) is 7.04. The van der Waals surface area contributed by atoms with Crippen molar-refractivity contribution in [2.45, 2.75) is 0 Å². The van der Waals surface area contributed by atoms with Gasteiger partial charge in [-0.05, 0) is 24.3 Å². The van der Waals surface area contributed by atoms with Gasteiger partial charge in [0.1, 0.15) is 0 Å². The predicted molar refractivity (Wildman–Crippen MR) is 136 cm³/mol. The first-order valence-electron chi connectivity index (χ1n) is 11.1. The van der Waals surface area contributed by atoms with Gasteiger partial charge in [-0.3, -0.25) is 0 Å². The van der Waals surface area contributed by atoms with Crippen LogP contribution in [0.15, 0.2) is 109 Å². The van der Waals surface area contributed by atoms with Crippen LogP contribution in [0, 0.1) is 0 Å². The fraction of sp³-hybridized carbons (Fsp3) is 0. The first-order chi connectivity index (χ1) is 15.9. The normalized spacial score (nSPS) is 12.4. The number of aromatic nitrogens is 2. The molecule has 0 aliphatic carbocycles. The van der Waals surface area contributed by atoms with Gasteiger partial charge in [0.2, 0.25) is 0 Å². The van der Waals surface area contributed by atoms with E-state index in [2.05, 4.69) is 118 Å². The summed E-state index contributed by atoms with van der Waals surface area (Å²) < 4.78 is 4.94. The van der Waals surface area contributed by atoms with Crippen molar-refractivity contribution in [3.63, 3.8) is 0 Å². The van der Waals surface area contributed by atoms with Crippen molar-refractivity contribution in [3.8, 4) is 0 Å². The molecule has 0 saturated carbocycles. The Morgan fingerprint density at radius 1 is 0.281 bits per heavy atom. The van der Waals surface area contributed by atoms with Crippen molar-refractivity contribution < 1.29 is 0 Å². The molecule has 5 aromatic carbocycles. The topological polar surface area (TPSA) is 8.82 Å². The first-order valence-corrected chi connectivity index (χ1v) is 11.1. The molecule has 32 heavy (non-hydrogen) atoms. The van der Waals surface area contributed by atoms with Crippen molar-refractivity contribution in [2.24, 2.45) is 0 Å². The van der Waals surface area contributed by atoms with E-state index in [1.165, 1.54) is 65.4 Å². The van der Waals surface area contributed by atoms with Gasteiger partial charge >= 0.3 is 0 Å². The van der Waals surface area contributed by atoms with Gasteiger partial charge in [-0.1, -0.05) is 84.9 Å². The summed E-state index contributed by atoms with van der Waals surface area (Å²) in [5.41, 5.74) is 7.50. The molecule has 2 nitrogen and oxygen atoms in total. The van der Waals surface area contributed by atoms with Crippen LogP contribution in [0.25, 0.3) is 65.4 Å². The second-order valence-electron chi connectivity index (χ2n) is 8.60. The quantitative estimate of drug-likeness (QED) is 0.241. The summed E-state index contributed by atoms with van der Waals surface area (Å²) in [5, 5.41) is 7.71. The maximum Gasteiger partial charge on any atom is 0.0782 e. The van der Waals surface area contributed by atoms with Gasteiger partial charge in [-0.15, -0.1) is 0 Å². The molecule has 0 N–H and O–H groups in total. The van der Waals surface area contributed by atoms with Crippen LogP contribution in [-0.4, -0.2) is 8.80 Å². The third kappa shape index (κ3) is 1.82. The van der Waals surface area contributed by atoms with Gasteiger partial charge in [0.25, 0.3) is 0 Å². The molecule has 0 unspecified atom stereocenters. The highest BCUT2D eigenvalue weighted by Gasteiger charge is 2.18. The van der Waals surface area contributed by atoms with Crippen molar-refractivity contribution in [2.75, 3.05) is 0 Å². The van der Waals surface area contributed by atoms with E-state index in [9.17, 15) is 0 Å². The zero-order valence-corrected chi connectivity index (χ0v) is 17.3. The standard InChI is InChI=1S/C30H18N2/c1-4-15-25-19(9-1)22-12-7-13-23-20-10-2-6-17-27(20)32(29(22)23)28-18-8-14-24-21-11-3-5-16-26(21)31(25)30(24)28/h1-18H. The lowest BCUT2D eigenvalue weighted by atomic mass is 10.1. The summed E-state index contributed by atoms with van der Waals surface area (Å²) in [6.07, 6.45) is 0. The van der Waals surface area contributed by atoms with Crippen LogP contribution in [-0.2, 0) is 0 Å². The molecule has 8 rings (SSSR count). The fourth-order valence-corrected chi connectivity index (χ4v) is 5.81. The number of fused-ring (bicyclic) bond motifs is 10. The van der Waals surface area contributed by atoms with Gasteiger partial charge in [-0.25, -0.2) is 0 Å². The minimum Gasteiger partial charge on any atom is -0.307 e. The molecule has 0 aliphatic rings. The number of para-hydroxylation sites is 5. The Labute approximate surface area is 183 Å². The highest BCUT2D eigenvalue weighted by Crippen LogP contribution is 2.39. The second kappa shape index (κ2) is 5.68. The summed E-state index contributed by atoms with van der Waals surface area (Å²) in [7, 11) is 0. The number of benzene rings is 5. The zero-order valence-electron chi connectivity index (χ0n) is 17.3. The SMILES string of the molecule is c1ccc2c(c1)c1cccc3c4ccccc4n4c5ccccc5c5cccc(c54)n2c13. The van der Waals surface area contributed by atoms with Gasteiger partial charge < -0.3 is 8.80 Å². The number of rotatable bonds is 0. The number of hydrogen-bond acceptors (Lipinski definition) is 0. The molecule has 8 aromatic rings. The average molecular weight is 406 g/mol. The highest BCUT2D eigenvalue weighted by molar-refractivity contribution is 6.23. The lowest BCUT2D eigenvalue weighted by Gasteiger charge is -2.10. The van der Waals surface area contributed by atoms with Crippen LogP contribution in [0.5, 0.6) is 0 Å². The summed E-state index contributed by atoms with van der Waals surface area (Å²) in [6, 6.07) is 39.8. The van der Waals surface area contributed by atoms with Gasteiger partial charge in [0.15, 0.2) is 0 Å². The van der Waals surface area contributed by atoms with Crippen LogP contribution in [0.1, 0.15) is 0 Å². The summed E-state index contributed by atoms with van der Waals surface area (Å²) in [4.78, 5) is 0. The minimum atomic E-state index is 1.23. The molecule has 0 fully saturated rings. The molecule has 148 valence electrons. The largest absolute Gasteiger partial charge is 0.307 e. The van der Waals surface area contributed by atoms with Crippen molar-refractivity contribution in [1.82, 2.24) is 8.80 Å². The van der Waals surface area contributed by atoms with E-state index in [0.29, 0.717) is 0 Å². The molecule has 0 amide bonds. The van der Waals surface area contributed by atoms with Crippen LogP contribution in [0.3, 0.4) is 0 Å². The molecule has 3 aromatic heterocycles. The second-order valence-corrected chi connectivity index (χ2v) is 8.60. The van der Waals surface area contributed by atoms with E-state index in [4.69, 9.17) is 0 Å². The van der Waals surface area contributed by atoms with Gasteiger partial charge in [0, 0.05) is 32.3 Å². The summed E-state index contributed by atoms with van der Waals surface area (Å²) in [5.74, 6) is 0. The molecule has 0 spiro atoms. The summed E-state index contributed by atoms with van der Waals surface area (Å²) in [6.45, 7) is 0. The number of nitrogens with zero attached hydrogens (tertiary/aromatic N) is 2. The van der Waals surface area contributed by atoms with Crippen molar-refractivity contribution in [3.05, 3.63) is 109 Å². The molecular weight excluding hydrogens is 388 g/mol. The molecule has 0 aliphatic heterocycles. The fourth-order valence-electron chi connectivity index (χ4n) is 5.81. The Morgan fingerprint density at radius 2 is 0.625 bits per heavy atom. The Morgan fingerprint density at radius 3 is 1.16 bits per heavy atom. The zero-order chi connectivity index (χ0) is 20.8. The van der Waals surface area contributed by atoms with E-state index in [1.54, 1.807) is 0 Å². The maximum absolute atomic E-state index is 2.48. The molecule has 2 heteroatoms. The van der Waals surface area contributed by atoms with Crippen molar-refractivity contribution in [1.29, 1.82) is 0 Å². The third-order valence-corrected chi connectivity index (χ3v) is 7.04.